The first-order valence-electron chi connectivity index (χ1n) is 8.27. The van der Waals surface area contributed by atoms with Crippen LogP contribution < -0.4 is 5.32 Å². The zero-order valence-corrected chi connectivity index (χ0v) is 14.1. The summed E-state index contributed by atoms with van der Waals surface area (Å²) >= 11 is 0. The van der Waals surface area contributed by atoms with Crippen LogP contribution in [0.1, 0.15) is 30.7 Å². The quantitative estimate of drug-likeness (QED) is 0.717. The standard InChI is InChI=1S/C19H20N4O2/c1-14(15-6-3-2-4-7-15)12-21-17(24)9-10-18-22-19(23-25-18)16-8-5-11-20-13-16/h2-8,11,13-14H,9-10,12H2,1H3,(H,21,24). The van der Waals surface area contributed by atoms with E-state index in [0.29, 0.717) is 31.1 Å². The summed E-state index contributed by atoms with van der Waals surface area (Å²) in [6.45, 7) is 2.70. The van der Waals surface area contributed by atoms with Gasteiger partial charge in [-0.2, -0.15) is 4.98 Å². The van der Waals surface area contributed by atoms with Gasteiger partial charge in [-0.1, -0.05) is 42.4 Å². The lowest BCUT2D eigenvalue weighted by Gasteiger charge is -2.12. The fourth-order valence-corrected chi connectivity index (χ4v) is 2.44. The third-order valence-electron chi connectivity index (χ3n) is 3.93. The number of pyridine rings is 1. The third kappa shape index (κ3) is 4.73. The second-order valence-electron chi connectivity index (χ2n) is 5.87. The predicted octanol–water partition coefficient (Wildman–Crippen LogP) is 2.98. The Morgan fingerprint density at radius 2 is 2.04 bits per heavy atom. The highest BCUT2D eigenvalue weighted by Crippen LogP contribution is 2.15. The van der Waals surface area contributed by atoms with E-state index in [-0.39, 0.29) is 11.8 Å². The van der Waals surface area contributed by atoms with Crippen molar-refractivity contribution in [2.24, 2.45) is 0 Å². The SMILES string of the molecule is CC(CNC(=O)CCc1nc(-c2cccnc2)no1)c1ccccc1. The number of benzene rings is 1. The van der Waals surface area contributed by atoms with Crippen molar-refractivity contribution in [2.75, 3.05) is 6.54 Å². The normalized spacial score (nSPS) is 11.9. The number of carbonyl (C=O) groups excluding carboxylic acids is 1. The van der Waals surface area contributed by atoms with Gasteiger partial charge in [-0.05, 0) is 23.6 Å². The molecule has 1 amide bonds. The Labute approximate surface area is 146 Å². The molecule has 1 aromatic carbocycles. The molecule has 0 radical (unpaired) electrons. The number of nitrogens with zero attached hydrogens (tertiary/aromatic N) is 3. The van der Waals surface area contributed by atoms with Gasteiger partial charge in [0.25, 0.3) is 0 Å². The first-order chi connectivity index (χ1) is 12.2. The van der Waals surface area contributed by atoms with Gasteiger partial charge in [-0.25, -0.2) is 0 Å². The lowest BCUT2D eigenvalue weighted by atomic mass is 10.0. The van der Waals surface area contributed by atoms with Crippen LogP contribution in [0, 0.1) is 0 Å². The minimum Gasteiger partial charge on any atom is -0.355 e. The molecule has 0 bridgehead atoms. The predicted molar refractivity (Wildman–Crippen MR) is 93.7 cm³/mol. The average molecular weight is 336 g/mol. The molecule has 0 fully saturated rings. The van der Waals surface area contributed by atoms with Crippen LogP contribution >= 0.6 is 0 Å². The Bertz CT molecular complexity index is 803. The van der Waals surface area contributed by atoms with Crippen LogP contribution in [0.5, 0.6) is 0 Å². The number of aryl methyl sites for hydroxylation is 1. The molecular weight excluding hydrogens is 316 g/mol. The smallest absolute Gasteiger partial charge is 0.227 e. The Hall–Kier alpha value is -3.02. The summed E-state index contributed by atoms with van der Waals surface area (Å²) in [4.78, 5) is 20.3. The summed E-state index contributed by atoms with van der Waals surface area (Å²) in [6, 6.07) is 13.8. The van der Waals surface area contributed by atoms with E-state index in [4.69, 9.17) is 4.52 Å². The van der Waals surface area contributed by atoms with E-state index in [0.717, 1.165) is 5.56 Å². The van der Waals surface area contributed by atoms with Crippen molar-refractivity contribution in [3.05, 3.63) is 66.3 Å². The molecule has 128 valence electrons. The molecule has 0 aliphatic rings. The number of amides is 1. The maximum absolute atomic E-state index is 12.0. The Morgan fingerprint density at radius 3 is 2.80 bits per heavy atom. The first kappa shape index (κ1) is 16.8. The van der Waals surface area contributed by atoms with E-state index in [9.17, 15) is 4.79 Å². The maximum atomic E-state index is 12.0. The Kier molecular flexibility index (Phi) is 5.51. The molecule has 0 aliphatic carbocycles. The highest BCUT2D eigenvalue weighted by Gasteiger charge is 2.12. The van der Waals surface area contributed by atoms with Crippen molar-refractivity contribution < 1.29 is 9.32 Å². The van der Waals surface area contributed by atoms with Crippen LogP contribution in [0.2, 0.25) is 0 Å². The molecule has 3 rings (SSSR count). The van der Waals surface area contributed by atoms with Gasteiger partial charge >= 0.3 is 0 Å². The monoisotopic (exact) mass is 336 g/mol. The van der Waals surface area contributed by atoms with E-state index < -0.39 is 0 Å². The molecule has 2 aromatic heterocycles. The van der Waals surface area contributed by atoms with E-state index in [1.165, 1.54) is 5.56 Å². The van der Waals surface area contributed by atoms with E-state index in [2.05, 4.69) is 39.5 Å². The molecule has 3 aromatic rings. The lowest BCUT2D eigenvalue weighted by Crippen LogP contribution is -2.27. The lowest BCUT2D eigenvalue weighted by molar-refractivity contribution is -0.121. The van der Waals surface area contributed by atoms with Gasteiger partial charge in [-0.3, -0.25) is 9.78 Å². The minimum absolute atomic E-state index is 0.0242. The van der Waals surface area contributed by atoms with Crippen molar-refractivity contribution in [1.29, 1.82) is 0 Å². The molecular formula is C19H20N4O2. The second kappa shape index (κ2) is 8.19. The van der Waals surface area contributed by atoms with Crippen LogP contribution in [0.15, 0.2) is 59.4 Å². The second-order valence-corrected chi connectivity index (χ2v) is 5.87. The molecule has 0 aliphatic heterocycles. The summed E-state index contributed by atoms with van der Waals surface area (Å²) in [5.41, 5.74) is 2.00. The summed E-state index contributed by atoms with van der Waals surface area (Å²) in [5.74, 6) is 1.18. The molecule has 25 heavy (non-hydrogen) atoms. The van der Waals surface area contributed by atoms with Crippen molar-refractivity contribution >= 4 is 5.91 Å². The number of aromatic nitrogens is 3. The van der Waals surface area contributed by atoms with Gasteiger partial charge in [0.1, 0.15) is 0 Å². The van der Waals surface area contributed by atoms with Gasteiger partial charge in [-0.15, -0.1) is 0 Å². The minimum atomic E-state index is -0.0242. The zero-order valence-electron chi connectivity index (χ0n) is 14.1. The summed E-state index contributed by atoms with van der Waals surface area (Å²) in [7, 11) is 0. The third-order valence-corrected chi connectivity index (χ3v) is 3.93. The number of hydrogen-bond acceptors (Lipinski definition) is 5. The molecule has 2 heterocycles. The zero-order chi connectivity index (χ0) is 17.5. The van der Waals surface area contributed by atoms with Crippen LogP contribution in [0.4, 0.5) is 0 Å². The van der Waals surface area contributed by atoms with Crippen LogP contribution in [0.3, 0.4) is 0 Å². The number of hydrogen-bond donors (Lipinski definition) is 1. The van der Waals surface area contributed by atoms with Gasteiger partial charge in [0, 0.05) is 37.3 Å². The van der Waals surface area contributed by atoms with Gasteiger partial charge in [0.05, 0.1) is 0 Å². The topological polar surface area (TPSA) is 80.9 Å². The Morgan fingerprint density at radius 1 is 1.20 bits per heavy atom. The van der Waals surface area contributed by atoms with Crippen molar-refractivity contribution in [3.8, 4) is 11.4 Å². The molecule has 6 heteroatoms. The average Bonchev–Trinajstić information content (AvgIpc) is 3.15. The highest BCUT2D eigenvalue weighted by atomic mass is 16.5. The molecule has 0 saturated heterocycles. The van der Waals surface area contributed by atoms with Gasteiger partial charge < -0.3 is 9.84 Å². The van der Waals surface area contributed by atoms with E-state index >= 15 is 0 Å². The largest absolute Gasteiger partial charge is 0.355 e. The number of nitrogens with one attached hydrogen (secondary N) is 1. The molecule has 1 N–H and O–H groups in total. The van der Waals surface area contributed by atoms with Gasteiger partial charge in [0.15, 0.2) is 0 Å². The van der Waals surface area contributed by atoms with Gasteiger partial charge in [0.2, 0.25) is 17.6 Å². The fraction of sp³-hybridized carbons (Fsp3) is 0.263. The summed E-state index contributed by atoms with van der Waals surface area (Å²) in [6.07, 6.45) is 4.09. The highest BCUT2D eigenvalue weighted by molar-refractivity contribution is 5.76. The van der Waals surface area contributed by atoms with Crippen molar-refractivity contribution in [3.63, 3.8) is 0 Å². The van der Waals surface area contributed by atoms with E-state index in [1.807, 2.05) is 30.3 Å². The fourth-order valence-electron chi connectivity index (χ4n) is 2.44. The molecule has 0 saturated carbocycles. The van der Waals surface area contributed by atoms with E-state index in [1.54, 1.807) is 12.4 Å². The van der Waals surface area contributed by atoms with Crippen LogP contribution in [-0.4, -0.2) is 27.6 Å². The van der Waals surface area contributed by atoms with Crippen LogP contribution in [0.25, 0.3) is 11.4 Å². The molecule has 0 spiro atoms. The molecule has 1 atom stereocenters. The molecule has 1 unspecified atom stereocenters. The number of rotatable bonds is 7. The maximum Gasteiger partial charge on any atom is 0.227 e. The summed E-state index contributed by atoms with van der Waals surface area (Å²) in [5, 5.41) is 6.87. The Balaban J connectivity index is 1.46. The van der Waals surface area contributed by atoms with Crippen LogP contribution in [-0.2, 0) is 11.2 Å². The molecule has 6 nitrogen and oxygen atoms in total. The van der Waals surface area contributed by atoms with Crippen molar-refractivity contribution in [1.82, 2.24) is 20.4 Å². The number of carbonyl (C=O) groups is 1. The first-order valence-corrected chi connectivity index (χ1v) is 8.27. The van der Waals surface area contributed by atoms with Crippen molar-refractivity contribution in [2.45, 2.75) is 25.7 Å². The summed E-state index contributed by atoms with van der Waals surface area (Å²) < 4.78 is 5.20.